The van der Waals surface area contributed by atoms with Crippen LogP contribution in [-0.4, -0.2) is 15.7 Å². The van der Waals surface area contributed by atoms with E-state index in [0.29, 0.717) is 6.20 Å². The van der Waals surface area contributed by atoms with Gasteiger partial charge in [0.25, 0.3) is 0 Å². The Morgan fingerprint density at radius 3 is 2.67 bits per heavy atom. The van der Waals surface area contributed by atoms with Crippen molar-refractivity contribution in [1.82, 2.24) is 9.78 Å². The lowest BCUT2D eigenvalue weighted by Gasteiger charge is -2.07. The number of hydrogen-bond donors (Lipinski definition) is 0. The fraction of sp³-hybridized carbons (Fsp3) is 0.200. The van der Waals surface area contributed by atoms with E-state index in [1.807, 2.05) is 0 Å². The zero-order valence-corrected chi connectivity index (χ0v) is 9.80. The van der Waals surface area contributed by atoms with Crippen molar-refractivity contribution in [3.63, 3.8) is 0 Å². The van der Waals surface area contributed by atoms with Crippen LogP contribution in [0.25, 0.3) is 11.3 Å². The fourth-order valence-corrected chi connectivity index (χ4v) is 2.28. The van der Waals surface area contributed by atoms with Crippen molar-refractivity contribution < 1.29 is 23.1 Å². The maximum atomic E-state index is 12.7. The first-order chi connectivity index (χ1) is 8.30. The molecule has 0 atom stereocenters. The van der Waals surface area contributed by atoms with Gasteiger partial charge in [-0.25, -0.2) is 0 Å². The van der Waals surface area contributed by atoms with E-state index in [1.165, 1.54) is 12.4 Å². The molecular weight excluding hydrogens is 269 g/mol. The van der Waals surface area contributed by atoms with Gasteiger partial charge >= 0.3 is 6.18 Å². The number of aryl methyl sites for hydroxylation is 1. The van der Waals surface area contributed by atoms with E-state index in [1.54, 1.807) is 0 Å². The smallest absolute Gasteiger partial charge is 0.420 e. The molecule has 0 aliphatic rings. The molecule has 2 heterocycles. The van der Waals surface area contributed by atoms with Crippen molar-refractivity contribution >= 4 is 17.3 Å². The number of thiophene rings is 1. The molecule has 0 bridgehead atoms. The predicted octanol–water partition coefficient (Wildman–Crippen LogP) is 1.53. The van der Waals surface area contributed by atoms with Gasteiger partial charge < -0.3 is 9.90 Å². The topological polar surface area (TPSA) is 58.0 Å². The minimum atomic E-state index is -4.53. The summed E-state index contributed by atoms with van der Waals surface area (Å²) >= 11 is 0.813. The molecule has 0 unspecified atom stereocenters. The third-order valence-electron chi connectivity index (χ3n) is 2.32. The molecule has 4 nitrogen and oxygen atoms in total. The molecule has 0 fully saturated rings. The lowest BCUT2D eigenvalue weighted by atomic mass is 10.1. The van der Waals surface area contributed by atoms with E-state index in [9.17, 15) is 23.1 Å². The molecule has 0 radical (unpaired) electrons. The summed E-state index contributed by atoms with van der Waals surface area (Å²) < 4.78 is 39.3. The van der Waals surface area contributed by atoms with Gasteiger partial charge in [0.2, 0.25) is 0 Å². The predicted molar refractivity (Wildman–Crippen MR) is 55.9 cm³/mol. The number of nitrogens with zero attached hydrogens (tertiary/aromatic N) is 2. The van der Waals surface area contributed by atoms with E-state index < -0.39 is 17.7 Å². The maximum absolute atomic E-state index is 12.7. The highest BCUT2D eigenvalue weighted by Crippen LogP contribution is 2.37. The summed E-state index contributed by atoms with van der Waals surface area (Å²) in [6, 6.07) is 1.15. The van der Waals surface area contributed by atoms with Crippen molar-refractivity contribution in [2.24, 2.45) is 7.05 Å². The average molecular weight is 275 g/mol. The number of carbonyl (C=O) groups excluding carboxylic acids is 1. The zero-order valence-electron chi connectivity index (χ0n) is 8.99. The second kappa shape index (κ2) is 4.13. The summed E-state index contributed by atoms with van der Waals surface area (Å²) in [5.41, 5.74) is -0.898. The minimum absolute atomic E-state index is 0.126. The molecule has 96 valence electrons. The van der Waals surface area contributed by atoms with Crippen molar-refractivity contribution in [3.05, 3.63) is 28.1 Å². The SMILES string of the molecule is Cn1ncc(C(F)(F)F)c1-c1csc(C(=O)[O-])c1. The summed E-state index contributed by atoms with van der Waals surface area (Å²) in [7, 11) is 1.36. The van der Waals surface area contributed by atoms with Gasteiger partial charge in [0.15, 0.2) is 0 Å². The highest BCUT2D eigenvalue weighted by Gasteiger charge is 2.36. The Balaban J connectivity index is 2.56. The Kier molecular flexibility index (Phi) is 2.89. The van der Waals surface area contributed by atoms with Gasteiger partial charge in [0.1, 0.15) is 5.56 Å². The molecule has 0 aromatic carbocycles. The van der Waals surface area contributed by atoms with Gasteiger partial charge in [-0.15, -0.1) is 11.3 Å². The normalized spacial score (nSPS) is 11.8. The number of alkyl halides is 3. The monoisotopic (exact) mass is 275 g/mol. The number of carbonyl (C=O) groups is 1. The molecule has 8 heteroatoms. The van der Waals surface area contributed by atoms with Crippen LogP contribution < -0.4 is 5.11 Å². The first kappa shape index (κ1) is 12.6. The first-order valence-electron chi connectivity index (χ1n) is 4.70. The Morgan fingerprint density at radius 1 is 1.50 bits per heavy atom. The largest absolute Gasteiger partial charge is 0.544 e. The van der Waals surface area contributed by atoms with Gasteiger partial charge in [-0.1, -0.05) is 0 Å². The number of rotatable bonds is 2. The van der Waals surface area contributed by atoms with Gasteiger partial charge in [-0.3, -0.25) is 4.68 Å². The third-order valence-corrected chi connectivity index (χ3v) is 3.23. The lowest BCUT2D eigenvalue weighted by Crippen LogP contribution is -2.20. The molecule has 2 aromatic rings. The number of hydrogen-bond acceptors (Lipinski definition) is 4. The molecular formula is C10H6F3N2O2S-. The molecule has 0 spiro atoms. The molecule has 0 saturated heterocycles. The van der Waals surface area contributed by atoms with E-state index in [-0.39, 0.29) is 16.1 Å². The molecule has 18 heavy (non-hydrogen) atoms. The van der Waals surface area contributed by atoms with Crippen molar-refractivity contribution in [2.45, 2.75) is 6.18 Å². The number of carboxylic acids is 1. The highest BCUT2D eigenvalue weighted by molar-refractivity contribution is 7.12. The summed E-state index contributed by atoms with van der Waals surface area (Å²) in [5.74, 6) is -1.41. The number of halogens is 3. The molecule has 0 amide bonds. The summed E-state index contributed by atoms with van der Waals surface area (Å²) in [5, 5.41) is 15.5. The number of aromatic nitrogens is 2. The van der Waals surface area contributed by atoms with Gasteiger partial charge in [0.05, 0.1) is 22.7 Å². The van der Waals surface area contributed by atoms with Gasteiger partial charge in [-0.2, -0.15) is 18.3 Å². The Bertz CT molecular complexity index is 601. The Morgan fingerprint density at radius 2 is 2.17 bits per heavy atom. The van der Waals surface area contributed by atoms with Crippen LogP contribution >= 0.6 is 11.3 Å². The van der Waals surface area contributed by atoms with Crippen LogP contribution in [0.15, 0.2) is 17.6 Å². The van der Waals surface area contributed by atoms with E-state index in [4.69, 9.17) is 0 Å². The summed E-state index contributed by atoms with van der Waals surface area (Å²) in [6.45, 7) is 0. The van der Waals surface area contributed by atoms with Crippen LogP contribution in [0.1, 0.15) is 15.2 Å². The molecule has 0 aliphatic heterocycles. The first-order valence-corrected chi connectivity index (χ1v) is 5.58. The molecule has 0 saturated carbocycles. The maximum Gasteiger partial charge on any atom is 0.420 e. The van der Waals surface area contributed by atoms with Crippen molar-refractivity contribution in [3.8, 4) is 11.3 Å². The quantitative estimate of drug-likeness (QED) is 0.835. The average Bonchev–Trinajstić information content (AvgIpc) is 2.81. The molecule has 0 N–H and O–H groups in total. The van der Waals surface area contributed by atoms with Crippen LogP contribution in [-0.2, 0) is 13.2 Å². The zero-order chi connectivity index (χ0) is 13.5. The molecule has 2 rings (SSSR count). The third kappa shape index (κ3) is 2.10. The lowest BCUT2D eigenvalue weighted by molar-refractivity contribution is -0.254. The summed E-state index contributed by atoms with van der Waals surface area (Å²) in [4.78, 5) is 10.5. The van der Waals surface area contributed by atoms with Crippen LogP contribution in [0.4, 0.5) is 13.2 Å². The van der Waals surface area contributed by atoms with Crippen LogP contribution in [0.3, 0.4) is 0 Å². The molecule has 2 aromatic heterocycles. The standard InChI is InChI=1S/C10H7F3N2O2S/c1-15-8(6(3-14-15)10(11,12)13)5-2-7(9(16)17)18-4-5/h2-4H,1H3,(H,16,17)/p-1. The Labute approximate surface area is 103 Å². The highest BCUT2D eigenvalue weighted by atomic mass is 32.1. The number of carboxylic acid groups (broad SMARTS) is 1. The second-order valence-corrected chi connectivity index (χ2v) is 4.43. The Hall–Kier alpha value is -1.83. The van der Waals surface area contributed by atoms with Gasteiger partial charge in [0, 0.05) is 18.0 Å². The van der Waals surface area contributed by atoms with Crippen molar-refractivity contribution in [2.75, 3.05) is 0 Å². The summed E-state index contributed by atoms with van der Waals surface area (Å²) in [6.07, 6.45) is -3.82. The molecule has 0 aliphatic carbocycles. The van der Waals surface area contributed by atoms with E-state index in [2.05, 4.69) is 5.10 Å². The second-order valence-electron chi connectivity index (χ2n) is 3.52. The van der Waals surface area contributed by atoms with Crippen LogP contribution in [0, 0.1) is 0 Å². The number of aromatic carboxylic acids is 1. The van der Waals surface area contributed by atoms with Crippen molar-refractivity contribution in [1.29, 1.82) is 0 Å². The van der Waals surface area contributed by atoms with E-state index >= 15 is 0 Å². The van der Waals surface area contributed by atoms with Crippen LogP contribution in [0.2, 0.25) is 0 Å². The van der Waals surface area contributed by atoms with E-state index in [0.717, 1.165) is 22.1 Å². The fourth-order valence-electron chi connectivity index (χ4n) is 1.55. The van der Waals surface area contributed by atoms with Crippen LogP contribution in [0.5, 0.6) is 0 Å². The van der Waals surface area contributed by atoms with Gasteiger partial charge in [-0.05, 0) is 6.07 Å². The minimum Gasteiger partial charge on any atom is -0.544 e.